The van der Waals surface area contributed by atoms with Crippen molar-refractivity contribution in [3.8, 4) is 0 Å². The van der Waals surface area contributed by atoms with Gasteiger partial charge in [0, 0.05) is 23.2 Å². The minimum absolute atomic E-state index is 0.106. The number of nitrogens with zero attached hydrogens (tertiary/aromatic N) is 1. The molecule has 0 radical (unpaired) electrons. The first-order valence-electron chi connectivity index (χ1n) is 11.1. The van der Waals surface area contributed by atoms with E-state index in [1.807, 2.05) is 72.8 Å². The first kappa shape index (κ1) is 21.2. The van der Waals surface area contributed by atoms with Crippen molar-refractivity contribution in [3.05, 3.63) is 83.9 Å². The van der Waals surface area contributed by atoms with Gasteiger partial charge in [0.2, 0.25) is 5.91 Å². The lowest BCUT2D eigenvalue weighted by molar-refractivity contribution is -0.154. The van der Waals surface area contributed by atoms with Gasteiger partial charge in [0.1, 0.15) is 23.8 Å². The van der Waals surface area contributed by atoms with Gasteiger partial charge in [0.05, 0.1) is 13.1 Å². The average Bonchev–Trinajstić information content (AvgIpc) is 3.44. The molecule has 1 amide bonds. The van der Waals surface area contributed by atoms with E-state index in [2.05, 4.69) is 0 Å². The second-order valence-electron chi connectivity index (χ2n) is 8.52. The van der Waals surface area contributed by atoms with E-state index in [4.69, 9.17) is 9.15 Å². The molecule has 0 bridgehead atoms. The quantitative estimate of drug-likeness (QED) is 0.389. The number of esters is 1. The number of hydrogen-bond donors (Lipinski definition) is 0. The van der Waals surface area contributed by atoms with Crippen molar-refractivity contribution in [2.75, 3.05) is 13.2 Å². The molecular weight excluding hydrogens is 421 g/mol. The average molecular weight is 445 g/mol. The van der Waals surface area contributed by atoms with Gasteiger partial charge in [-0.15, -0.1) is 0 Å². The zero-order chi connectivity index (χ0) is 22.8. The molecule has 1 fully saturated rings. The van der Waals surface area contributed by atoms with Crippen molar-refractivity contribution in [1.82, 2.24) is 4.90 Å². The number of hydrogen-bond acceptors (Lipinski definition) is 4. The van der Waals surface area contributed by atoms with Crippen molar-refractivity contribution in [3.63, 3.8) is 0 Å². The number of ether oxygens (including phenoxy) is 1. The number of amides is 1. The zero-order valence-corrected chi connectivity index (χ0v) is 18.1. The number of alkyl halides is 1. The number of benzene rings is 3. The minimum atomic E-state index is -0.767. The zero-order valence-electron chi connectivity index (χ0n) is 18.1. The second-order valence-corrected chi connectivity index (χ2v) is 8.52. The smallest absolute Gasteiger partial charge is 0.329 e. The molecule has 5 rings (SSSR count). The third-order valence-electron chi connectivity index (χ3n) is 6.22. The lowest BCUT2D eigenvalue weighted by Gasteiger charge is -2.23. The molecule has 0 saturated carbocycles. The predicted octanol–water partition coefficient (Wildman–Crippen LogP) is 5.06. The lowest BCUT2D eigenvalue weighted by Crippen LogP contribution is -2.42. The van der Waals surface area contributed by atoms with Crippen LogP contribution in [0.25, 0.3) is 21.9 Å². The van der Waals surface area contributed by atoms with Crippen LogP contribution in [0, 0.1) is 5.92 Å². The van der Waals surface area contributed by atoms with Gasteiger partial charge in [-0.25, -0.2) is 4.79 Å². The summed E-state index contributed by atoms with van der Waals surface area (Å²) >= 11 is 0. The van der Waals surface area contributed by atoms with Crippen molar-refractivity contribution in [2.24, 2.45) is 5.92 Å². The van der Waals surface area contributed by atoms with Crippen molar-refractivity contribution in [1.29, 1.82) is 0 Å². The predicted molar refractivity (Wildman–Crippen MR) is 123 cm³/mol. The summed E-state index contributed by atoms with van der Waals surface area (Å²) in [6, 6.07) is 22.1. The number of halogens is 1. The SMILES string of the molecule is O=C(OCc1ccccc1)C1CC(CF)CN1C(=O)Cc1ccc2c(c1)oc1ccccc12. The monoisotopic (exact) mass is 445 g/mol. The van der Waals surface area contributed by atoms with Gasteiger partial charge in [-0.3, -0.25) is 9.18 Å². The highest BCUT2D eigenvalue weighted by Gasteiger charge is 2.40. The van der Waals surface area contributed by atoms with E-state index in [0.29, 0.717) is 5.58 Å². The van der Waals surface area contributed by atoms with Crippen LogP contribution in [0.2, 0.25) is 0 Å². The Kier molecular flexibility index (Phi) is 5.82. The maximum Gasteiger partial charge on any atom is 0.329 e. The fraction of sp³-hybridized carbons (Fsp3) is 0.259. The summed E-state index contributed by atoms with van der Waals surface area (Å²) in [5, 5.41) is 2.01. The molecule has 2 atom stereocenters. The molecule has 3 aromatic carbocycles. The third kappa shape index (κ3) is 4.33. The Morgan fingerprint density at radius 2 is 1.70 bits per heavy atom. The van der Waals surface area contributed by atoms with Gasteiger partial charge < -0.3 is 14.1 Å². The Bertz CT molecular complexity index is 1300. The highest BCUT2D eigenvalue weighted by Crippen LogP contribution is 2.30. The fourth-order valence-corrected chi connectivity index (χ4v) is 4.52. The van der Waals surface area contributed by atoms with Crippen LogP contribution in [-0.4, -0.2) is 36.0 Å². The van der Waals surface area contributed by atoms with Crippen LogP contribution in [0.15, 0.2) is 77.2 Å². The van der Waals surface area contributed by atoms with Crippen LogP contribution in [0.3, 0.4) is 0 Å². The maximum atomic E-state index is 13.4. The van der Waals surface area contributed by atoms with E-state index in [-0.39, 0.29) is 37.8 Å². The molecular formula is C27H24FNO4. The largest absolute Gasteiger partial charge is 0.459 e. The molecule has 0 N–H and O–H groups in total. The van der Waals surface area contributed by atoms with Gasteiger partial charge >= 0.3 is 5.97 Å². The Hall–Kier alpha value is -3.67. The van der Waals surface area contributed by atoms with Gasteiger partial charge in [-0.05, 0) is 29.7 Å². The van der Waals surface area contributed by atoms with E-state index < -0.39 is 18.7 Å². The van der Waals surface area contributed by atoms with Crippen LogP contribution < -0.4 is 0 Å². The molecule has 0 spiro atoms. The molecule has 2 heterocycles. The molecule has 0 aliphatic carbocycles. The highest BCUT2D eigenvalue weighted by molar-refractivity contribution is 6.05. The van der Waals surface area contributed by atoms with Crippen LogP contribution >= 0.6 is 0 Å². The summed E-state index contributed by atoms with van der Waals surface area (Å²) in [6.07, 6.45) is 0.382. The van der Waals surface area contributed by atoms with Gasteiger partial charge in [0.15, 0.2) is 0 Å². The van der Waals surface area contributed by atoms with Crippen LogP contribution in [-0.2, 0) is 27.4 Å². The molecule has 1 aromatic heterocycles. The summed E-state index contributed by atoms with van der Waals surface area (Å²) in [5.41, 5.74) is 3.15. The fourth-order valence-electron chi connectivity index (χ4n) is 4.52. The molecule has 1 saturated heterocycles. The normalized spacial score (nSPS) is 18.2. The molecule has 1 aliphatic rings. The van der Waals surface area contributed by atoms with Crippen molar-refractivity contribution in [2.45, 2.75) is 25.5 Å². The molecule has 5 nitrogen and oxygen atoms in total. The Morgan fingerprint density at radius 1 is 0.939 bits per heavy atom. The Labute approximate surface area is 190 Å². The van der Waals surface area contributed by atoms with Crippen LogP contribution in [0.1, 0.15) is 17.5 Å². The number of furan rings is 1. The van der Waals surface area contributed by atoms with Crippen LogP contribution in [0.4, 0.5) is 4.39 Å². The van der Waals surface area contributed by atoms with Gasteiger partial charge in [0.25, 0.3) is 0 Å². The van der Waals surface area contributed by atoms with Crippen molar-refractivity contribution >= 4 is 33.8 Å². The molecule has 2 unspecified atom stereocenters. The molecule has 6 heteroatoms. The van der Waals surface area contributed by atoms with E-state index in [1.54, 1.807) is 0 Å². The number of likely N-dealkylation sites (tertiary alicyclic amines) is 1. The van der Waals surface area contributed by atoms with Gasteiger partial charge in [-0.2, -0.15) is 0 Å². The summed E-state index contributed by atoms with van der Waals surface area (Å²) in [5.74, 6) is -1.07. The molecule has 33 heavy (non-hydrogen) atoms. The Morgan fingerprint density at radius 3 is 2.52 bits per heavy atom. The number of carbonyl (C=O) groups is 2. The number of para-hydroxylation sites is 1. The van der Waals surface area contributed by atoms with E-state index in [9.17, 15) is 14.0 Å². The highest BCUT2D eigenvalue weighted by atomic mass is 19.1. The van der Waals surface area contributed by atoms with E-state index in [1.165, 1.54) is 4.90 Å². The maximum absolute atomic E-state index is 13.4. The van der Waals surface area contributed by atoms with Gasteiger partial charge in [-0.1, -0.05) is 60.7 Å². The lowest BCUT2D eigenvalue weighted by atomic mass is 10.1. The first-order valence-corrected chi connectivity index (χ1v) is 11.1. The van der Waals surface area contributed by atoms with E-state index >= 15 is 0 Å². The summed E-state index contributed by atoms with van der Waals surface area (Å²) in [4.78, 5) is 27.4. The summed E-state index contributed by atoms with van der Waals surface area (Å²) in [6.45, 7) is -0.230. The molecule has 4 aromatic rings. The number of fused-ring (bicyclic) bond motifs is 3. The topological polar surface area (TPSA) is 59.8 Å². The first-order chi connectivity index (χ1) is 16.1. The van der Waals surface area contributed by atoms with E-state index in [0.717, 1.165) is 27.5 Å². The number of carbonyl (C=O) groups excluding carboxylic acids is 2. The summed E-state index contributed by atoms with van der Waals surface area (Å²) < 4.78 is 24.8. The molecule has 1 aliphatic heterocycles. The standard InChI is InChI=1S/C27H24FNO4/c28-15-20-12-23(27(31)32-17-18-6-2-1-3-7-18)29(16-20)26(30)14-19-10-11-22-21-8-4-5-9-24(21)33-25(22)13-19/h1-11,13,20,23H,12,14-17H2. The number of rotatable bonds is 6. The van der Waals surface area contributed by atoms with Crippen molar-refractivity contribution < 1.29 is 23.1 Å². The Balaban J connectivity index is 1.31. The van der Waals surface area contributed by atoms with Crippen LogP contribution in [0.5, 0.6) is 0 Å². The second kappa shape index (κ2) is 9.06. The minimum Gasteiger partial charge on any atom is -0.459 e. The summed E-state index contributed by atoms with van der Waals surface area (Å²) in [7, 11) is 0. The third-order valence-corrected chi connectivity index (χ3v) is 6.22. The molecule has 168 valence electrons.